The number of nitrogens with one attached hydrogen (secondary N) is 1. The minimum Gasteiger partial charge on any atom is -0.385 e. The van der Waals surface area contributed by atoms with E-state index in [-0.39, 0.29) is 12.3 Å². The summed E-state index contributed by atoms with van der Waals surface area (Å²) in [5.74, 6) is -0.179. The summed E-state index contributed by atoms with van der Waals surface area (Å²) in [6.45, 7) is 2.87. The highest BCUT2D eigenvalue weighted by atomic mass is 16.3. The predicted octanol–water partition coefficient (Wildman–Crippen LogP) is 2.85. The van der Waals surface area contributed by atoms with Gasteiger partial charge in [-0.1, -0.05) is 54.6 Å². The molecule has 0 saturated heterocycles. The van der Waals surface area contributed by atoms with Crippen molar-refractivity contribution in [3.05, 3.63) is 90.0 Å². The molecule has 1 heterocycles. The van der Waals surface area contributed by atoms with Crippen LogP contribution in [0, 0.1) is 0 Å². The van der Waals surface area contributed by atoms with Gasteiger partial charge in [0.05, 0.1) is 18.3 Å². The number of hydrogen-bond acceptors (Lipinski definition) is 3. The number of hydrogen-bond donors (Lipinski definition) is 2. The second-order valence-electron chi connectivity index (χ2n) is 6.64. The highest BCUT2D eigenvalue weighted by Crippen LogP contribution is 2.23. The molecule has 0 aliphatic rings. The number of rotatable bonds is 7. The van der Waals surface area contributed by atoms with Gasteiger partial charge in [-0.25, -0.2) is 4.98 Å². The largest absolute Gasteiger partial charge is 0.385 e. The Bertz CT molecular complexity index is 825. The number of aromatic nitrogens is 2. The lowest BCUT2D eigenvalue weighted by Gasteiger charge is -2.23. The number of aliphatic hydroxyl groups is 1. The Morgan fingerprint density at radius 3 is 2.46 bits per heavy atom. The molecular formula is C21H23N3O2. The van der Waals surface area contributed by atoms with Crippen molar-refractivity contribution in [2.24, 2.45) is 0 Å². The summed E-state index contributed by atoms with van der Waals surface area (Å²) in [7, 11) is 0. The molecule has 0 saturated carbocycles. The summed E-state index contributed by atoms with van der Waals surface area (Å²) in [6.07, 6.45) is 5.49. The van der Waals surface area contributed by atoms with E-state index in [4.69, 9.17) is 0 Å². The first-order chi connectivity index (χ1) is 12.5. The summed E-state index contributed by atoms with van der Waals surface area (Å²) >= 11 is 0. The van der Waals surface area contributed by atoms with Crippen molar-refractivity contribution in [1.29, 1.82) is 0 Å². The second kappa shape index (κ2) is 7.97. The zero-order chi connectivity index (χ0) is 18.4. The van der Waals surface area contributed by atoms with E-state index in [1.165, 1.54) is 5.56 Å². The molecule has 5 nitrogen and oxygen atoms in total. The quantitative estimate of drug-likeness (QED) is 0.689. The van der Waals surface area contributed by atoms with Crippen LogP contribution in [0.1, 0.15) is 30.0 Å². The molecule has 2 N–H and O–H groups in total. The molecule has 0 bridgehead atoms. The molecule has 26 heavy (non-hydrogen) atoms. The van der Waals surface area contributed by atoms with Crippen molar-refractivity contribution in [3.63, 3.8) is 0 Å². The van der Waals surface area contributed by atoms with Crippen molar-refractivity contribution >= 4 is 5.91 Å². The topological polar surface area (TPSA) is 67.2 Å². The van der Waals surface area contributed by atoms with Gasteiger partial charge in [-0.2, -0.15) is 0 Å². The van der Waals surface area contributed by atoms with Gasteiger partial charge in [0, 0.05) is 25.5 Å². The number of carbonyl (C=O) groups is 1. The Morgan fingerprint density at radius 2 is 1.81 bits per heavy atom. The number of amides is 1. The van der Waals surface area contributed by atoms with Crippen LogP contribution in [0.3, 0.4) is 0 Å². The maximum absolute atomic E-state index is 12.2. The SMILES string of the molecule is CC(O)(CC(=O)NCc1ccc(Cn2ccnc2)cc1)c1ccccc1. The smallest absolute Gasteiger partial charge is 0.223 e. The van der Waals surface area contributed by atoms with Crippen molar-refractivity contribution in [2.45, 2.75) is 32.0 Å². The third kappa shape index (κ3) is 4.80. The molecule has 1 atom stereocenters. The van der Waals surface area contributed by atoms with E-state index < -0.39 is 5.60 Å². The Balaban J connectivity index is 1.51. The molecule has 3 aromatic rings. The second-order valence-corrected chi connectivity index (χ2v) is 6.64. The average molecular weight is 349 g/mol. The molecule has 0 aliphatic carbocycles. The number of nitrogens with zero attached hydrogens (tertiary/aromatic N) is 2. The van der Waals surface area contributed by atoms with E-state index in [0.29, 0.717) is 6.54 Å². The number of carbonyl (C=O) groups excluding carboxylic acids is 1. The fourth-order valence-electron chi connectivity index (χ4n) is 2.83. The molecule has 134 valence electrons. The highest BCUT2D eigenvalue weighted by Gasteiger charge is 2.26. The zero-order valence-electron chi connectivity index (χ0n) is 14.8. The predicted molar refractivity (Wildman–Crippen MR) is 100 cm³/mol. The third-order valence-corrected chi connectivity index (χ3v) is 4.34. The van der Waals surface area contributed by atoms with E-state index >= 15 is 0 Å². The van der Waals surface area contributed by atoms with Crippen molar-refractivity contribution < 1.29 is 9.90 Å². The van der Waals surface area contributed by atoms with Crippen LogP contribution < -0.4 is 5.32 Å². The van der Waals surface area contributed by atoms with Gasteiger partial charge in [0.1, 0.15) is 0 Å². The summed E-state index contributed by atoms with van der Waals surface area (Å²) in [5, 5.41) is 13.4. The van der Waals surface area contributed by atoms with Crippen LogP contribution in [-0.4, -0.2) is 20.6 Å². The average Bonchev–Trinajstić information content (AvgIpc) is 3.15. The Labute approximate surface area is 153 Å². The molecule has 0 fully saturated rings. The van der Waals surface area contributed by atoms with E-state index in [2.05, 4.69) is 10.3 Å². The minimum absolute atomic E-state index is 0.0235. The lowest BCUT2D eigenvalue weighted by molar-refractivity contribution is -0.126. The first-order valence-corrected chi connectivity index (χ1v) is 8.61. The minimum atomic E-state index is -1.18. The van der Waals surface area contributed by atoms with E-state index in [0.717, 1.165) is 17.7 Å². The molecule has 2 aromatic carbocycles. The van der Waals surface area contributed by atoms with E-state index in [1.54, 1.807) is 19.4 Å². The maximum atomic E-state index is 12.2. The van der Waals surface area contributed by atoms with Crippen LogP contribution in [0.5, 0.6) is 0 Å². The molecule has 5 heteroatoms. The van der Waals surface area contributed by atoms with Crippen LogP contribution in [-0.2, 0) is 23.5 Å². The summed E-state index contributed by atoms with van der Waals surface area (Å²) in [6, 6.07) is 17.3. The summed E-state index contributed by atoms with van der Waals surface area (Å²) in [5.41, 5.74) is 1.75. The highest BCUT2D eigenvalue weighted by molar-refractivity contribution is 5.77. The van der Waals surface area contributed by atoms with Crippen molar-refractivity contribution in [2.75, 3.05) is 0 Å². The molecule has 0 radical (unpaired) electrons. The van der Waals surface area contributed by atoms with Gasteiger partial charge < -0.3 is 15.0 Å². The number of benzene rings is 2. The fourth-order valence-corrected chi connectivity index (χ4v) is 2.83. The standard InChI is InChI=1S/C21H23N3O2/c1-21(26,19-5-3-2-4-6-19)13-20(25)23-14-17-7-9-18(10-8-17)15-24-12-11-22-16-24/h2-12,16,26H,13-15H2,1H3,(H,23,25). The normalized spacial score (nSPS) is 13.2. The van der Waals surface area contributed by atoms with Crippen LogP contribution >= 0.6 is 0 Å². The van der Waals surface area contributed by atoms with Gasteiger partial charge in [-0.15, -0.1) is 0 Å². The Morgan fingerprint density at radius 1 is 1.12 bits per heavy atom. The summed E-state index contributed by atoms with van der Waals surface area (Å²) in [4.78, 5) is 16.2. The van der Waals surface area contributed by atoms with E-state index in [1.807, 2.05) is 65.4 Å². The Hall–Kier alpha value is -2.92. The monoisotopic (exact) mass is 349 g/mol. The third-order valence-electron chi connectivity index (χ3n) is 4.34. The van der Waals surface area contributed by atoms with Crippen LogP contribution in [0.2, 0.25) is 0 Å². The van der Waals surface area contributed by atoms with Gasteiger partial charge in [0.15, 0.2) is 0 Å². The van der Waals surface area contributed by atoms with Gasteiger partial charge in [-0.05, 0) is 23.6 Å². The van der Waals surface area contributed by atoms with Gasteiger partial charge in [0.2, 0.25) is 5.91 Å². The molecule has 3 rings (SSSR count). The molecule has 1 amide bonds. The molecule has 1 aromatic heterocycles. The van der Waals surface area contributed by atoms with Gasteiger partial charge in [0.25, 0.3) is 0 Å². The van der Waals surface area contributed by atoms with Gasteiger partial charge in [-0.3, -0.25) is 4.79 Å². The molecule has 0 aliphatic heterocycles. The van der Waals surface area contributed by atoms with Crippen LogP contribution in [0.25, 0.3) is 0 Å². The fraction of sp³-hybridized carbons (Fsp3) is 0.238. The number of imidazole rings is 1. The van der Waals surface area contributed by atoms with Crippen LogP contribution in [0.4, 0.5) is 0 Å². The lowest BCUT2D eigenvalue weighted by Crippen LogP contribution is -2.32. The summed E-state index contributed by atoms with van der Waals surface area (Å²) < 4.78 is 2.00. The molecular weight excluding hydrogens is 326 g/mol. The van der Waals surface area contributed by atoms with Crippen molar-refractivity contribution in [1.82, 2.24) is 14.9 Å². The first kappa shape index (κ1) is 17.9. The maximum Gasteiger partial charge on any atom is 0.223 e. The lowest BCUT2D eigenvalue weighted by atomic mass is 9.92. The van der Waals surface area contributed by atoms with Gasteiger partial charge >= 0.3 is 0 Å². The van der Waals surface area contributed by atoms with Crippen LogP contribution in [0.15, 0.2) is 73.3 Å². The Kier molecular flexibility index (Phi) is 5.49. The van der Waals surface area contributed by atoms with E-state index in [9.17, 15) is 9.90 Å². The first-order valence-electron chi connectivity index (χ1n) is 8.61. The molecule has 0 spiro atoms. The zero-order valence-corrected chi connectivity index (χ0v) is 14.8. The molecule has 1 unspecified atom stereocenters. The van der Waals surface area contributed by atoms with Crippen molar-refractivity contribution in [3.8, 4) is 0 Å².